The van der Waals surface area contributed by atoms with Gasteiger partial charge in [-0.3, -0.25) is 0 Å². The van der Waals surface area contributed by atoms with Crippen LogP contribution in [0.15, 0.2) is 24.3 Å². The molecule has 140 valence electrons. The summed E-state index contributed by atoms with van der Waals surface area (Å²) in [5.41, 5.74) is 0.989. The number of benzene rings is 1. The Balaban J connectivity index is 1.86. The van der Waals surface area contributed by atoms with Crippen molar-refractivity contribution in [1.29, 1.82) is 0 Å². The minimum atomic E-state index is 0.496. The molecule has 0 atom stereocenters. The van der Waals surface area contributed by atoms with Gasteiger partial charge in [-0.05, 0) is 31.2 Å². The number of ether oxygens (including phenoxy) is 4. The van der Waals surface area contributed by atoms with Crippen LogP contribution in [-0.4, -0.2) is 58.8 Å². The van der Waals surface area contributed by atoms with Gasteiger partial charge in [-0.15, -0.1) is 5.92 Å². The van der Waals surface area contributed by atoms with Gasteiger partial charge in [0.25, 0.3) is 0 Å². The van der Waals surface area contributed by atoms with E-state index in [1.165, 1.54) is 0 Å². The summed E-state index contributed by atoms with van der Waals surface area (Å²) in [6.07, 6.45) is 0. The first kappa shape index (κ1) is 21.5. The van der Waals surface area contributed by atoms with E-state index in [4.69, 9.17) is 18.9 Å². The van der Waals surface area contributed by atoms with Crippen LogP contribution in [0.2, 0.25) is 0 Å². The molecule has 0 amide bonds. The van der Waals surface area contributed by atoms with E-state index >= 15 is 0 Å². The second-order valence-electron chi connectivity index (χ2n) is 5.69. The largest absolute Gasteiger partial charge is 0.491 e. The van der Waals surface area contributed by atoms with Crippen LogP contribution in [0.5, 0.6) is 5.75 Å². The molecule has 5 nitrogen and oxygen atoms in total. The third kappa shape index (κ3) is 12.4. The summed E-state index contributed by atoms with van der Waals surface area (Å²) in [5, 5.41) is 3.29. The van der Waals surface area contributed by atoms with Gasteiger partial charge in [0.15, 0.2) is 0 Å². The maximum Gasteiger partial charge on any atom is 0.119 e. The maximum absolute atomic E-state index is 5.60. The molecule has 0 fully saturated rings. The van der Waals surface area contributed by atoms with Gasteiger partial charge in [0, 0.05) is 18.2 Å². The number of hydrogen-bond acceptors (Lipinski definition) is 5. The van der Waals surface area contributed by atoms with Crippen LogP contribution in [-0.2, 0) is 14.2 Å². The van der Waals surface area contributed by atoms with Crippen molar-refractivity contribution in [2.45, 2.75) is 26.8 Å². The van der Waals surface area contributed by atoms with Crippen molar-refractivity contribution < 1.29 is 18.9 Å². The fraction of sp³-hybridized carbons (Fsp3) is 0.600. The lowest BCUT2D eigenvalue weighted by Crippen LogP contribution is -2.27. The van der Waals surface area contributed by atoms with E-state index in [0.717, 1.165) is 17.9 Å². The number of rotatable bonds is 14. The summed E-state index contributed by atoms with van der Waals surface area (Å²) in [6, 6.07) is 8.22. The molecular weight excluding hydrogens is 318 g/mol. The molecule has 1 N–H and O–H groups in total. The van der Waals surface area contributed by atoms with Crippen LogP contribution in [0.1, 0.15) is 26.3 Å². The van der Waals surface area contributed by atoms with E-state index in [0.29, 0.717) is 52.3 Å². The molecule has 0 saturated carbocycles. The summed E-state index contributed by atoms with van der Waals surface area (Å²) < 4.78 is 21.9. The van der Waals surface area contributed by atoms with Crippen molar-refractivity contribution in [3.63, 3.8) is 0 Å². The molecule has 1 aromatic carbocycles. The van der Waals surface area contributed by atoms with Gasteiger partial charge in [-0.2, -0.15) is 0 Å². The Morgan fingerprint density at radius 3 is 1.96 bits per heavy atom. The SMILES string of the molecule is CC#Cc1ccc(OCCOCCOCCOCCNC(C)C)cc1. The van der Waals surface area contributed by atoms with Crippen molar-refractivity contribution in [2.24, 2.45) is 0 Å². The predicted molar refractivity (Wildman–Crippen MR) is 100 cm³/mol. The monoisotopic (exact) mass is 349 g/mol. The van der Waals surface area contributed by atoms with Gasteiger partial charge in [0.1, 0.15) is 12.4 Å². The summed E-state index contributed by atoms with van der Waals surface area (Å²) in [5.74, 6) is 6.69. The second-order valence-corrected chi connectivity index (χ2v) is 5.69. The molecule has 1 rings (SSSR count). The van der Waals surface area contributed by atoms with E-state index in [1.807, 2.05) is 31.2 Å². The first-order valence-corrected chi connectivity index (χ1v) is 8.84. The molecule has 5 heteroatoms. The average molecular weight is 349 g/mol. The first-order valence-electron chi connectivity index (χ1n) is 8.84. The fourth-order valence-corrected chi connectivity index (χ4v) is 1.96. The highest BCUT2D eigenvalue weighted by Gasteiger charge is 1.96. The van der Waals surface area contributed by atoms with Gasteiger partial charge in [-0.25, -0.2) is 0 Å². The van der Waals surface area contributed by atoms with Crippen LogP contribution in [0.25, 0.3) is 0 Å². The molecule has 0 aliphatic heterocycles. The number of nitrogens with one attached hydrogen (secondary N) is 1. The molecule has 0 unspecified atom stereocenters. The smallest absolute Gasteiger partial charge is 0.119 e. The first-order chi connectivity index (χ1) is 12.2. The zero-order valence-electron chi connectivity index (χ0n) is 15.7. The standard InChI is InChI=1S/C20H31NO4/c1-4-5-19-6-8-20(9-7-19)25-17-16-24-15-14-23-13-12-22-11-10-21-18(2)3/h6-9,18,21H,10-17H2,1-3H3. The Morgan fingerprint density at radius 1 is 0.840 bits per heavy atom. The molecule has 0 aliphatic rings. The van der Waals surface area contributed by atoms with Gasteiger partial charge in [-0.1, -0.05) is 19.8 Å². The molecule has 0 heterocycles. The topological polar surface area (TPSA) is 49.0 Å². The quantitative estimate of drug-likeness (QED) is 0.413. The van der Waals surface area contributed by atoms with E-state index in [2.05, 4.69) is 31.0 Å². The summed E-state index contributed by atoms with van der Waals surface area (Å²) in [7, 11) is 0. The molecule has 0 saturated heterocycles. The molecule has 1 aromatic rings. The molecule has 25 heavy (non-hydrogen) atoms. The Kier molecular flexibility index (Phi) is 12.7. The Labute approximate surface area is 152 Å². The average Bonchev–Trinajstić information content (AvgIpc) is 2.60. The number of hydrogen-bond donors (Lipinski definition) is 1. The highest BCUT2D eigenvalue weighted by Crippen LogP contribution is 2.11. The van der Waals surface area contributed by atoms with Gasteiger partial charge >= 0.3 is 0 Å². The van der Waals surface area contributed by atoms with Crippen LogP contribution >= 0.6 is 0 Å². The third-order valence-corrected chi connectivity index (χ3v) is 3.16. The molecule has 0 aromatic heterocycles. The highest BCUT2D eigenvalue weighted by molar-refractivity contribution is 5.37. The summed E-state index contributed by atoms with van der Waals surface area (Å²) in [4.78, 5) is 0. The Bertz CT molecular complexity index is 491. The van der Waals surface area contributed by atoms with Crippen molar-refractivity contribution in [3.05, 3.63) is 29.8 Å². The molecule has 0 aliphatic carbocycles. The minimum Gasteiger partial charge on any atom is -0.491 e. The lowest BCUT2D eigenvalue weighted by atomic mass is 10.2. The molecular formula is C20H31NO4. The molecule has 0 bridgehead atoms. The molecule has 0 radical (unpaired) electrons. The van der Waals surface area contributed by atoms with E-state index in [-0.39, 0.29) is 0 Å². The van der Waals surface area contributed by atoms with Crippen LogP contribution in [0.3, 0.4) is 0 Å². The van der Waals surface area contributed by atoms with Crippen LogP contribution in [0, 0.1) is 11.8 Å². The van der Waals surface area contributed by atoms with Crippen molar-refractivity contribution >= 4 is 0 Å². The van der Waals surface area contributed by atoms with Gasteiger partial charge in [0.05, 0.1) is 39.6 Å². The lowest BCUT2D eigenvalue weighted by Gasteiger charge is -2.09. The van der Waals surface area contributed by atoms with Crippen molar-refractivity contribution in [2.75, 3.05) is 52.8 Å². The van der Waals surface area contributed by atoms with Crippen molar-refractivity contribution in [1.82, 2.24) is 5.32 Å². The zero-order chi connectivity index (χ0) is 18.2. The summed E-state index contributed by atoms with van der Waals surface area (Å²) >= 11 is 0. The van der Waals surface area contributed by atoms with Crippen LogP contribution in [0.4, 0.5) is 0 Å². The van der Waals surface area contributed by atoms with Crippen molar-refractivity contribution in [3.8, 4) is 17.6 Å². The maximum atomic E-state index is 5.60. The fourth-order valence-electron chi connectivity index (χ4n) is 1.96. The third-order valence-electron chi connectivity index (χ3n) is 3.16. The van der Waals surface area contributed by atoms with E-state index in [9.17, 15) is 0 Å². The Hall–Kier alpha value is -1.58. The van der Waals surface area contributed by atoms with Crippen LogP contribution < -0.4 is 10.1 Å². The van der Waals surface area contributed by atoms with E-state index < -0.39 is 0 Å². The predicted octanol–water partition coefficient (Wildman–Crippen LogP) is 2.48. The van der Waals surface area contributed by atoms with Gasteiger partial charge in [0.2, 0.25) is 0 Å². The van der Waals surface area contributed by atoms with E-state index in [1.54, 1.807) is 0 Å². The zero-order valence-corrected chi connectivity index (χ0v) is 15.7. The van der Waals surface area contributed by atoms with Gasteiger partial charge < -0.3 is 24.3 Å². The second kappa shape index (κ2) is 14.7. The molecule has 0 spiro atoms. The normalized spacial score (nSPS) is 10.6. The lowest BCUT2D eigenvalue weighted by molar-refractivity contribution is 0.00971. The minimum absolute atomic E-state index is 0.496. The summed E-state index contributed by atoms with van der Waals surface area (Å²) in [6.45, 7) is 11.0. The Morgan fingerprint density at radius 2 is 1.40 bits per heavy atom. The highest BCUT2D eigenvalue weighted by atomic mass is 16.6.